The summed E-state index contributed by atoms with van der Waals surface area (Å²) in [5.74, 6) is 1.00. The lowest BCUT2D eigenvalue weighted by Gasteiger charge is -2.16. The summed E-state index contributed by atoms with van der Waals surface area (Å²) in [6.07, 6.45) is 6.28. The number of rotatable bonds is 6. The molecule has 112 valence electrons. The quantitative estimate of drug-likeness (QED) is 0.869. The maximum Gasteiger partial charge on any atom is 0.223 e. The van der Waals surface area contributed by atoms with Gasteiger partial charge in [-0.15, -0.1) is 5.10 Å². The molecule has 0 aliphatic heterocycles. The third kappa shape index (κ3) is 3.58. The Labute approximate surface area is 121 Å². The summed E-state index contributed by atoms with van der Waals surface area (Å²) in [5, 5.41) is 11.1. The van der Waals surface area contributed by atoms with Crippen LogP contribution in [-0.4, -0.2) is 20.9 Å². The van der Waals surface area contributed by atoms with E-state index in [-0.39, 0.29) is 11.8 Å². The molecule has 0 aromatic carbocycles. The highest BCUT2D eigenvalue weighted by Crippen LogP contribution is 2.30. The number of hydrogen-bond donors (Lipinski definition) is 1. The molecule has 1 atom stereocenters. The first kappa shape index (κ1) is 15.0. The van der Waals surface area contributed by atoms with Gasteiger partial charge in [0.2, 0.25) is 5.91 Å². The summed E-state index contributed by atoms with van der Waals surface area (Å²) in [5.41, 5.74) is 1.91. The van der Waals surface area contributed by atoms with Crippen LogP contribution in [0.3, 0.4) is 0 Å². The number of carbonyl (C=O) groups excluding carboxylic acids is 1. The topological polar surface area (TPSA) is 59.8 Å². The van der Waals surface area contributed by atoms with Crippen LogP contribution in [0, 0.1) is 18.8 Å². The fourth-order valence-corrected chi connectivity index (χ4v) is 3.09. The summed E-state index contributed by atoms with van der Waals surface area (Å²) >= 11 is 0. The Morgan fingerprint density at radius 1 is 1.45 bits per heavy atom. The van der Waals surface area contributed by atoms with E-state index in [1.165, 1.54) is 25.7 Å². The van der Waals surface area contributed by atoms with E-state index in [1.54, 1.807) is 0 Å². The molecule has 20 heavy (non-hydrogen) atoms. The number of nitrogens with zero attached hydrogens (tertiary/aromatic N) is 3. The average Bonchev–Trinajstić information content (AvgIpc) is 3.05. The minimum atomic E-state index is 0.101. The van der Waals surface area contributed by atoms with E-state index < -0.39 is 0 Å². The lowest BCUT2D eigenvalue weighted by molar-refractivity contribution is -0.125. The maximum atomic E-state index is 12.2. The predicted molar refractivity (Wildman–Crippen MR) is 78.0 cm³/mol. The molecule has 1 aromatic heterocycles. The molecule has 0 radical (unpaired) electrons. The van der Waals surface area contributed by atoms with Gasteiger partial charge in [-0.1, -0.05) is 37.8 Å². The third-order valence-electron chi connectivity index (χ3n) is 4.37. The smallest absolute Gasteiger partial charge is 0.223 e. The van der Waals surface area contributed by atoms with E-state index >= 15 is 0 Å². The monoisotopic (exact) mass is 278 g/mol. The Kier molecular flexibility index (Phi) is 5.15. The standard InChI is InChI=1S/C15H26N4O/c1-4-19-14(12(3)17-18-19)10-16-15(20)11(2)9-13-7-5-6-8-13/h11,13H,4-10H2,1-3H3,(H,16,20)/t11-/m0/s1. The van der Waals surface area contributed by atoms with Crippen molar-refractivity contribution in [2.24, 2.45) is 11.8 Å². The van der Waals surface area contributed by atoms with Crippen molar-refractivity contribution < 1.29 is 4.79 Å². The molecule has 1 N–H and O–H groups in total. The molecule has 0 saturated heterocycles. The van der Waals surface area contributed by atoms with Crippen molar-refractivity contribution in [2.45, 2.75) is 66.0 Å². The van der Waals surface area contributed by atoms with E-state index in [0.29, 0.717) is 6.54 Å². The van der Waals surface area contributed by atoms with Gasteiger partial charge in [-0.3, -0.25) is 4.79 Å². The van der Waals surface area contributed by atoms with Gasteiger partial charge in [-0.05, 0) is 26.2 Å². The van der Waals surface area contributed by atoms with E-state index in [9.17, 15) is 4.79 Å². The summed E-state index contributed by atoms with van der Waals surface area (Å²) in [7, 11) is 0. The molecular weight excluding hydrogens is 252 g/mol. The summed E-state index contributed by atoms with van der Waals surface area (Å²) in [6, 6.07) is 0. The highest BCUT2D eigenvalue weighted by atomic mass is 16.1. The molecular formula is C15H26N4O. The van der Waals surface area contributed by atoms with Gasteiger partial charge in [0.25, 0.3) is 0 Å². The maximum absolute atomic E-state index is 12.2. The van der Waals surface area contributed by atoms with Crippen molar-refractivity contribution in [3.8, 4) is 0 Å². The van der Waals surface area contributed by atoms with Gasteiger partial charge in [-0.25, -0.2) is 4.68 Å². The molecule has 5 nitrogen and oxygen atoms in total. The van der Waals surface area contributed by atoms with Gasteiger partial charge in [0.15, 0.2) is 0 Å². The second kappa shape index (κ2) is 6.86. The van der Waals surface area contributed by atoms with Gasteiger partial charge in [-0.2, -0.15) is 0 Å². The second-order valence-corrected chi connectivity index (χ2v) is 5.94. The van der Waals surface area contributed by atoms with Crippen molar-refractivity contribution in [1.29, 1.82) is 0 Å². The fraction of sp³-hybridized carbons (Fsp3) is 0.800. The normalized spacial score (nSPS) is 17.4. The molecule has 1 fully saturated rings. The SMILES string of the molecule is CCn1nnc(C)c1CNC(=O)[C@@H](C)CC1CCCC1. The van der Waals surface area contributed by atoms with Gasteiger partial charge >= 0.3 is 0 Å². The Bertz CT molecular complexity index is 449. The van der Waals surface area contributed by atoms with Gasteiger partial charge in [0.05, 0.1) is 17.9 Å². The second-order valence-electron chi connectivity index (χ2n) is 5.94. The van der Waals surface area contributed by atoms with E-state index in [2.05, 4.69) is 15.6 Å². The third-order valence-corrected chi connectivity index (χ3v) is 4.37. The molecule has 0 spiro atoms. The molecule has 1 aliphatic carbocycles. The highest BCUT2D eigenvalue weighted by molar-refractivity contribution is 5.78. The van der Waals surface area contributed by atoms with Crippen LogP contribution in [0.4, 0.5) is 0 Å². The zero-order valence-electron chi connectivity index (χ0n) is 12.9. The fourth-order valence-electron chi connectivity index (χ4n) is 3.09. The first-order valence-electron chi connectivity index (χ1n) is 7.78. The first-order chi connectivity index (χ1) is 9.61. The van der Waals surface area contributed by atoms with Crippen molar-refractivity contribution in [2.75, 3.05) is 0 Å². The number of aromatic nitrogens is 3. The van der Waals surface area contributed by atoms with Crippen LogP contribution in [0.15, 0.2) is 0 Å². The molecule has 1 aliphatic rings. The van der Waals surface area contributed by atoms with E-state index in [0.717, 1.165) is 30.3 Å². The number of carbonyl (C=O) groups is 1. The lowest BCUT2D eigenvalue weighted by atomic mass is 9.94. The van der Waals surface area contributed by atoms with Crippen LogP contribution in [0.25, 0.3) is 0 Å². The molecule has 1 heterocycles. The number of hydrogen-bond acceptors (Lipinski definition) is 3. The number of nitrogens with one attached hydrogen (secondary N) is 1. The average molecular weight is 278 g/mol. The molecule has 5 heteroatoms. The van der Waals surface area contributed by atoms with Crippen molar-refractivity contribution >= 4 is 5.91 Å². The molecule has 0 bridgehead atoms. The lowest BCUT2D eigenvalue weighted by Crippen LogP contribution is -2.30. The number of amides is 1. The van der Waals surface area contributed by atoms with Crippen LogP contribution in [0.2, 0.25) is 0 Å². The summed E-state index contributed by atoms with van der Waals surface area (Å²) < 4.78 is 1.84. The Balaban J connectivity index is 1.83. The predicted octanol–water partition coefficient (Wildman–Crippen LogP) is 2.44. The zero-order chi connectivity index (χ0) is 14.5. The Morgan fingerprint density at radius 2 is 2.15 bits per heavy atom. The molecule has 2 rings (SSSR count). The minimum Gasteiger partial charge on any atom is -0.350 e. The summed E-state index contributed by atoms with van der Waals surface area (Å²) in [4.78, 5) is 12.2. The largest absolute Gasteiger partial charge is 0.350 e. The van der Waals surface area contributed by atoms with Crippen LogP contribution in [0.5, 0.6) is 0 Å². The van der Waals surface area contributed by atoms with E-state index in [4.69, 9.17) is 0 Å². The zero-order valence-corrected chi connectivity index (χ0v) is 12.9. The molecule has 1 aromatic rings. The van der Waals surface area contributed by atoms with Crippen LogP contribution in [-0.2, 0) is 17.9 Å². The highest BCUT2D eigenvalue weighted by Gasteiger charge is 2.22. The van der Waals surface area contributed by atoms with Gasteiger partial charge in [0, 0.05) is 12.5 Å². The molecule has 1 saturated carbocycles. The van der Waals surface area contributed by atoms with E-state index in [1.807, 2.05) is 25.5 Å². The van der Waals surface area contributed by atoms with Crippen molar-refractivity contribution in [3.63, 3.8) is 0 Å². The Hall–Kier alpha value is -1.39. The van der Waals surface area contributed by atoms with Gasteiger partial charge < -0.3 is 5.32 Å². The number of aryl methyl sites for hydroxylation is 2. The molecule has 1 amide bonds. The Morgan fingerprint density at radius 3 is 2.80 bits per heavy atom. The summed E-state index contributed by atoms with van der Waals surface area (Å²) in [6.45, 7) is 7.31. The minimum absolute atomic E-state index is 0.101. The first-order valence-corrected chi connectivity index (χ1v) is 7.78. The van der Waals surface area contributed by atoms with Crippen molar-refractivity contribution in [3.05, 3.63) is 11.4 Å². The van der Waals surface area contributed by atoms with Gasteiger partial charge in [0.1, 0.15) is 0 Å². The molecule has 0 unspecified atom stereocenters. The van der Waals surface area contributed by atoms with Crippen molar-refractivity contribution in [1.82, 2.24) is 20.3 Å². The van der Waals surface area contributed by atoms with Crippen LogP contribution < -0.4 is 5.32 Å². The van der Waals surface area contributed by atoms with Crippen LogP contribution >= 0.6 is 0 Å². The van der Waals surface area contributed by atoms with Crippen LogP contribution in [0.1, 0.15) is 57.3 Å².